The summed E-state index contributed by atoms with van der Waals surface area (Å²) >= 11 is 0. The van der Waals surface area contributed by atoms with Gasteiger partial charge in [0.05, 0.1) is 23.8 Å². The minimum Gasteiger partial charge on any atom is -0.481 e. The lowest BCUT2D eigenvalue weighted by atomic mass is 9.86. The van der Waals surface area contributed by atoms with Gasteiger partial charge in [-0.1, -0.05) is 0 Å². The number of carbonyl (C=O) groups excluding carboxylic acids is 1. The lowest BCUT2D eigenvalue weighted by Crippen LogP contribution is -2.35. The number of hydrogen-bond donors (Lipinski definition) is 1. The van der Waals surface area contributed by atoms with E-state index in [1.54, 1.807) is 19.4 Å². The maximum atomic E-state index is 12.0. The van der Waals surface area contributed by atoms with Crippen LogP contribution in [0.3, 0.4) is 0 Å². The zero-order chi connectivity index (χ0) is 22.0. The Morgan fingerprint density at radius 1 is 1.19 bits per heavy atom. The Morgan fingerprint density at radius 2 is 1.97 bits per heavy atom. The minimum atomic E-state index is -0.725. The Kier molecular flexibility index (Phi) is 4.31. The lowest BCUT2D eigenvalue weighted by Gasteiger charge is -2.26. The smallest absolute Gasteiger partial charge is 0.341 e. The van der Waals surface area contributed by atoms with Gasteiger partial charge in [0, 0.05) is 35.7 Å². The van der Waals surface area contributed by atoms with Crippen LogP contribution in [-0.2, 0) is 22.3 Å². The van der Waals surface area contributed by atoms with Crippen LogP contribution in [0.1, 0.15) is 66.6 Å². The molecule has 1 aliphatic carbocycles. The van der Waals surface area contributed by atoms with Crippen LogP contribution in [0.5, 0.6) is 5.88 Å². The summed E-state index contributed by atoms with van der Waals surface area (Å²) in [4.78, 5) is 25.9. The summed E-state index contributed by atoms with van der Waals surface area (Å²) in [5.41, 5.74) is 9.48. The second-order valence-electron chi connectivity index (χ2n) is 9.23. The van der Waals surface area contributed by atoms with E-state index in [1.807, 2.05) is 26.1 Å². The van der Waals surface area contributed by atoms with Crippen LogP contribution in [0.4, 0.5) is 0 Å². The number of nitrogens with two attached hydrogens (primary N) is 1. The fourth-order valence-corrected chi connectivity index (χ4v) is 4.49. The summed E-state index contributed by atoms with van der Waals surface area (Å²) in [6.07, 6.45) is 6.43. The third-order valence-corrected chi connectivity index (χ3v) is 6.44. The van der Waals surface area contributed by atoms with E-state index in [-0.39, 0.29) is 5.97 Å². The number of cyclic esters (lactones) is 1. The summed E-state index contributed by atoms with van der Waals surface area (Å²) in [5, 5.41) is 1.86. The Hall–Kier alpha value is -3.06. The van der Waals surface area contributed by atoms with Crippen LogP contribution in [-0.4, -0.2) is 28.0 Å². The van der Waals surface area contributed by atoms with Gasteiger partial charge in [-0.15, -0.1) is 0 Å². The van der Waals surface area contributed by atoms with Gasteiger partial charge >= 0.3 is 5.97 Å². The largest absolute Gasteiger partial charge is 0.481 e. The Labute approximate surface area is 181 Å². The molecule has 4 heterocycles. The number of fused-ring (bicyclic) bond motifs is 2. The van der Waals surface area contributed by atoms with E-state index in [9.17, 15) is 4.79 Å². The second kappa shape index (κ2) is 6.72. The molecular weight excluding hydrogens is 392 g/mol. The summed E-state index contributed by atoms with van der Waals surface area (Å²) in [5.74, 6) is 0.674. The van der Waals surface area contributed by atoms with Crippen LogP contribution >= 0.6 is 0 Å². The molecule has 3 aromatic heterocycles. The predicted octanol–water partition coefficient (Wildman–Crippen LogP) is 3.61. The van der Waals surface area contributed by atoms with Crippen LogP contribution in [0.25, 0.3) is 10.8 Å². The van der Waals surface area contributed by atoms with Crippen molar-refractivity contribution in [3.8, 4) is 5.88 Å². The van der Waals surface area contributed by atoms with Gasteiger partial charge in [-0.2, -0.15) is 0 Å². The highest BCUT2D eigenvalue weighted by Crippen LogP contribution is 2.46. The molecule has 1 saturated carbocycles. The standard InChI is InChI=1S/C24H26N4O3/c1-23(2)20-16(22(29)31-23)8-7-14(28-20)9-15-10-17-18(11-26-15)21(30-4)27-12-19(17)24(3,25)13-5-6-13/h7-8,10-13H,5-6,9,25H2,1-4H3/t24-/m0/s1. The highest BCUT2D eigenvalue weighted by atomic mass is 16.6. The molecule has 2 aliphatic rings. The molecule has 1 fully saturated rings. The van der Waals surface area contributed by atoms with Crippen molar-refractivity contribution in [3.05, 3.63) is 58.8 Å². The van der Waals surface area contributed by atoms with E-state index in [1.165, 1.54) is 0 Å². The highest BCUT2D eigenvalue weighted by Gasteiger charge is 2.41. The van der Waals surface area contributed by atoms with E-state index < -0.39 is 11.1 Å². The molecule has 2 N–H and O–H groups in total. The zero-order valence-corrected chi connectivity index (χ0v) is 18.2. The maximum Gasteiger partial charge on any atom is 0.341 e. The first-order chi connectivity index (χ1) is 14.7. The van der Waals surface area contributed by atoms with Crippen molar-refractivity contribution in [2.75, 3.05) is 7.11 Å². The third kappa shape index (κ3) is 3.24. The summed E-state index contributed by atoms with van der Waals surface area (Å²) in [7, 11) is 1.61. The molecular formula is C24H26N4O3. The van der Waals surface area contributed by atoms with Gasteiger partial charge in [0.25, 0.3) is 0 Å². The topological polar surface area (TPSA) is 100 Å². The van der Waals surface area contributed by atoms with Gasteiger partial charge in [-0.3, -0.25) is 9.97 Å². The zero-order valence-electron chi connectivity index (χ0n) is 18.2. The van der Waals surface area contributed by atoms with E-state index in [0.29, 0.717) is 29.5 Å². The third-order valence-electron chi connectivity index (χ3n) is 6.44. The van der Waals surface area contributed by atoms with Crippen molar-refractivity contribution < 1.29 is 14.3 Å². The number of hydrogen-bond acceptors (Lipinski definition) is 7. The fourth-order valence-electron chi connectivity index (χ4n) is 4.49. The molecule has 1 atom stereocenters. The maximum absolute atomic E-state index is 12.0. The summed E-state index contributed by atoms with van der Waals surface area (Å²) < 4.78 is 10.9. The Bertz CT molecular complexity index is 1210. The van der Waals surface area contributed by atoms with E-state index in [0.717, 1.165) is 40.6 Å². The molecule has 0 saturated heterocycles. The summed E-state index contributed by atoms with van der Waals surface area (Å²) in [6, 6.07) is 5.71. The average molecular weight is 418 g/mol. The number of methoxy groups -OCH3 is 1. The number of carbonyl (C=O) groups is 1. The lowest BCUT2D eigenvalue weighted by molar-refractivity contribution is 0.00827. The molecule has 160 valence electrons. The SMILES string of the molecule is COc1ncc([C@@](C)(N)C2CC2)c2cc(Cc3ccc4c(n3)C(C)(C)OC4=O)ncc12. The van der Waals surface area contributed by atoms with Crippen LogP contribution in [0.2, 0.25) is 0 Å². The molecule has 0 amide bonds. The van der Waals surface area contributed by atoms with Crippen molar-refractivity contribution in [2.24, 2.45) is 11.7 Å². The van der Waals surface area contributed by atoms with E-state index in [2.05, 4.69) is 23.0 Å². The van der Waals surface area contributed by atoms with Crippen molar-refractivity contribution in [1.29, 1.82) is 0 Å². The Balaban J connectivity index is 1.57. The van der Waals surface area contributed by atoms with Crippen LogP contribution < -0.4 is 10.5 Å². The second-order valence-corrected chi connectivity index (χ2v) is 9.23. The number of esters is 1. The first-order valence-electron chi connectivity index (χ1n) is 10.6. The molecule has 5 rings (SSSR count). The van der Waals surface area contributed by atoms with Crippen molar-refractivity contribution in [3.63, 3.8) is 0 Å². The monoisotopic (exact) mass is 418 g/mol. The quantitative estimate of drug-likeness (QED) is 0.632. The van der Waals surface area contributed by atoms with Gasteiger partial charge in [-0.05, 0) is 68.7 Å². The van der Waals surface area contributed by atoms with Gasteiger partial charge < -0.3 is 15.2 Å². The van der Waals surface area contributed by atoms with Gasteiger partial charge in [0.2, 0.25) is 5.88 Å². The van der Waals surface area contributed by atoms with E-state index in [4.69, 9.17) is 20.2 Å². The summed E-state index contributed by atoms with van der Waals surface area (Å²) in [6.45, 7) is 5.79. The number of rotatable bonds is 5. The molecule has 0 aromatic carbocycles. The van der Waals surface area contributed by atoms with Gasteiger partial charge in [0.15, 0.2) is 0 Å². The number of nitrogens with zero attached hydrogens (tertiary/aromatic N) is 3. The molecule has 31 heavy (non-hydrogen) atoms. The molecule has 7 heteroatoms. The van der Waals surface area contributed by atoms with E-state index >= 15 is 0 Å². The Morgan fingerprint density at radius 3 is 2.68 bits per heavy atom. The van der Waals surface area contributed by atoms with Crippen molar-refractivity contribution >= 4 is 16.7 Å². The first kappa shape index (κ1) is 19.9. The van der Waals surface area contributed by atoms with Gasteiger partial charge in [-0.25, -0.2) is 9.78 Å². The molecule has 0 unspecified atom stereocenters. The predicted molar refractivity (Wildman–Crippen MR) is 116 cm³/mol. The van der Waals surface area contributed by atoms with Gasteiger partial charge in [0.1, 0.15) is 5.60 Å². The van der Waals surface area contributed by atoms with Crippen LogP contribution in [0, 0.1) is 5.92 Å². The van der Waals surface area contributed by atoms with Crippen molar-refractivity contribution in [2.45, 2.75) is 51.2 Å². The van der Waals surface area contributed by atoms with Crippen molar-refractivity contribution in [1.82, 2.24) is 15.0 Å². The molecule has 0 bridgehead atoms. The minimum absolute atomic E-state index is 0.325. The number of aromatic nitrogens is 3. The first-order valence-corrected chi connectivity index (χ1v) is 10.6. The molecule has 3 aromatic rings. The molecule has 0 radical (unpaired) electrons. The average Bonchev–Trinajstić information content (AvgIpc) is 3.55. The normalized spacial score (nSPS) is 19.1. The molecule has 1 aliphatic heterocycles. The van der Waals surface area contributed by atoms with Crippen LogP contribution in [0.15, 0.2) is 30.6 Å². The molecule has 7 nitrogen and oxygen atoms in total. The molecule has 0 spiro atoms. The fraction of sp³-hybridized carbons (Fsp3) is 0.417. The highest BCUT2D eigenvalue weighted by molar-refractivity contribution is 5.94. The number of ether oxygens (including phenoxy) is 2. The number of pyridine rings is 3.